The molecular formula is C13H16N2O3. The average molecular weight is 248 g/mol. The highest BCUT2D eigenvalue weighted by atomic mass is 16.5. The summed E-state index contributed by atoms with van der Waals surface area (Å²) >= 11 is 0. The van der Waals surface area contributed by atoms with E-state index < -0.39 is 5.72 Å². The third kappa shape index (κ3) is 1.15. The van der Waals surface area contributed by atoms with Crippen LogP contribution in [0.1, 0.15) is 26.2 Å². The third-order valence-corrected chi connectivity index (χ3v) is 4.31. The highest BCUT2D eigenvalue weighted by molar-refractivity contribution is 6.25. The van der Waals surface area contributed by atoms with Crippen LogP contribution in [0.5, 0.6) is 0 Å². The van der Waals surface area contributed by atoms with Gasteiger partial charge in [0.05, 0.1) is 11.4 Å². The van der Waals surface area contributed by atoms with Crippen LogP contribution in [-0.2, 0) is 14.3 Å². The summed E-state index contributed by atoms with van der Waals surface area (Å²) in [4.78, 5) is 26.5. The van der Waals surface area contributed by atoms with Gasteiger partial charge in [0.1, 0.15) is 5.72 Å². The van der Waals surface area contributed by atoms with E-state index in [9.17, 15) is 9.59 Å². The number of nitrogens with zero attached hydrogens (tertiary/aromatic N) is 1. The molecule has 1 saturated heterocycles. The zero-order valence-corrected chi connectivity index (χ0v) is 10.6. The molecule has 0 saturated carbocycles. The summed E-state index contributed by atoms with van der Waals surface area (Å²) in [6.07, 6.45) is 2.29. The normalized spacial score (nSPS) is 31.3. The predicted molar refractivity (Wildman–Crippen MR) is 64.2 cm³/mol. The van der Waals surface area contributed by atoms with Crippen molar-refractivity contribution in [3.63, 3.8) is 0 Å². The number of allylic oxidation sites excluding steroid dienone is 2. The zero-order chi connectivity index (χ0) is 13.1. The van der Waals surface area contributed by atoms with E-state index in [4.69, 9.17) is 10.5 Å². The predicted octanol–water partition coefficient (Wildman–Crippen LogP) is 0.467. The molecule has 1 fully saturated rings. The van der Waals surface area contributed by atoms with E-state index >= 15 is 0 Å². The number of carbonyl (C=O) groups excluding carboxylic acids is 2. The van der Waals surface area contributed by atoms with Crippen LogP contribution in [0, 0.1) is 0 Å². The number of rotatable bonds is 1. The molecule has 3 rings (SSSR count). The van der Waals surface area contributed by atoms with Gasteiger partial charge in [-0.2, -0.15) is 0 Å². The number of ether oxygens (including phenoxy) is 1. The minimum absolute atomic E-state index is 0.0891. The second-order valence-corrected chi connectivity index (χ2v) is 5.11. The van der Waals surface area contributed by atoms with Crippen molar-refractivity contribution in [1.82, 2.24) is 4.90 Å². The molecule has 0 aromatic carbocycles. The van der Waals surface area contributed by atoms with E-state index in [2.05, 4.69) is 0 Å². The van der Waals surface area contributed by atoms with Crippen molar-refractivity contribution in [2.45, 2.75) is 31.9 Å². The first kappa shape index (κ1) is 11.5. The summed E-state index contributed by atoms with van der Waals surface area (Å²) < 4.78 is 5.60. The smallest absolute Gasteiger partial charge is 0.207 e. The maximum Gasteiger partial charge on any atom is 0.207 e. The molecule has 0 amide bonds. The number of ketones is 2. The topological polar surface area (TPSA) is 72.6 Å². The highest BCUT2D eigenvalue weighted by Gasteiger charge is 2.53. The van der Waals surface area contributed by atoms with Crippen molar-refractivity contribution in [3.05, 3.63) is 22.5 Å². The fourth-order valence-electron chi connectivity index (χ4n) is 3.24. The molecule has 2 N–H and O–H groups in total. The van der Waals surface area contributed by atoms with Gasteiger partial charge >= 0.3 is 0 Å². The number of Topliss-reactive ketones (excluding diaryl/α,β-unsaturated/α-hetero) is 2. The molecule has 0 spiro atoms. The van der Waals surface area contributed by atoms with Crippen molar-refractivity contribution in [2.75, 3.05) is 13.7 Å². The molecule has 1 atom stereocenters. The fraction of sp³-hybridized carbons (Fsp3) is 0.538. The van der Waals surface area contributed by atoms with Gasteiger partial charge in [0.2, 0.25) is 11.6 Å². The Balaban J connectivity index is 2.11. The molecule has 5 heteroatoms. The first-order valence-electron chi connectivity index (χ1n) is 6.13. The molecule has 3 aliphatic rings. The molecule has 5 nitrogen and oxygen atoms in total. The van der Waals surface area contributed by atoms with Crippen molar-refractivity contribution < 1.29 is 14.3 Å². The Labute approximate surface area is 105 Å². The van der Waals surface area contributed by atoms with E-state index in [-0.39, 0.29) is 17.3 Å². The van der Waals surface area contributed by atoms with Gasteiger partial charge in [0.25, 0.3) is 0 Å². The van der Waals surface area contributed by atoms with Crippen molar-refractivity contribution >= 4 is 11.6 Å². The van der Waals surface area contributed by atoms with Gasteiger partial charge in [0.15, 0.2) is 0 Å². The SMILES string of the molecule is CO[C@]12CCCN1C1=C(C2)C(=O)C(N)=C(C)C1=O. The van der Waals surface area contributed by atoms with Gasteiger partial charge < -0.3 is 15.4 Å². The van der Waals surface area contributed by atoms with Gasteiger partial charge in [-0.05, 0) is 19.8 Å². The van der Waals surface area contributed by atoms with E-state index in [1.807, 2.05) is 4.90 Å². The molecule has 0 aromatic heterocycles. The summed E-state index contributed by atoms with van der Waals surface area (Å²) in [6, 6.07) is 0. The molecule has 0 bridgehead atoms. The lowest BCUT2D eigenvalue weighted by atomic mass is 9.90. The van der Waals surface area contributed by atoms with Crippen LogP contribution in [0.3, 0.4) is 0 Å². The van der Waals surface area contributed by atoms with Crippen LogP contribution >= 0.6 is 0 Å². The minimum Gasteiger partial charge on any atom is -0.395 e. The fourth-order valence-corrected chi connectivity index (χ4v) is 3.24. The summed E-state index contributed by atoms with van der Waals surface area (Å²) in [5.41, 5.74) is 6.72. The molecule has 0 radical (unpaired) electrons. The molecule has 1 aliphatic carbocycles. The van der Waals surface area contributed by atoms with E-state index in [0.29, 0.717) is 23.3 Å². The Bertz CT molecular complexity index is 532. The Kier molecular flexibility index (Phi) is 2.20. The summed E-state index contributed by atoms with van der Waals surface area (Å²) in [5, 5.41) is 0. The van der Waals surface area contributed by atoms with Gasteiger partial charge in [-0.3, -0.25) is 9.59 Å². The van der Waals surface area contributed by atoms with Crippen LogP contribution < -0.4 is 5.73 Å². The van der Waals surface area contributed by atoms with Crippen molar-refractivity contribution in [1.29, 1.82) is 0 Å². The van der Waals surface area contributed by atoms with Crippen LogP contribution in [-0.4, -0.2) is 35.8 Å². The third-order valence-electron chi connectivity index (χ3n) is 4.31. The molecule has 0 unspecified atom stereocenters. The largest absolute Gasteiger partial charge is 0.395 e. The van der Waals surface area contributed by atoms with Crippen molar-refractivity contribution in [2.24, 2.45) is 5.73 Å². The molecule has 18 heavy (non-hydrogen) atoms. The second kappa shape index (κ2) is 3.45. The molecule has 2 aliphatic heterocycles. The molecule has 0 aromatic rings. The van der Waals surface area contributed by atoms with E-state index in [1.54, 1.807) is 14.0 Å². The van der Waals surface area contributed by atoms with E-state index in [0.717, 1.165) is 19.4 Å². The molecule has 2 heterocycles. The number of carbonyl (C=O) groups is 2. The number of fused-ring (bicyclic) bond motifs is 2. The average Bonchev–Trinajstić information content (AvgIpc) is 2.89. The first-order chi connectivity index (χ1) is 8.52. The van der Waals surface area contributed by atoms with Crippen molar-refractivity contribution in [3.8, 4) is 0 Å². The summed E-state index contributed by atoms with van der Waals surface area (Å²) in [5.74, 6) is -0.323. The zero-order valence-electron chi connectivity index (χ0n) is 10.6. The summed E-state index contributed by atoms with van der Waals surface area (Å²) in [6.45, 7) is 2.38. The van der Waals surface area contributed by atoms with Gasteiger partial charge in [-0.1, -0.05) is 0 Å². The Morgan fingerprint density at radius 1 is 1.33 bits per heavy atom. The number of nitrogens with two attached hydrogens (primary N) is 1. The summed E-state index contributed by atoms with van der Waals surface area (Å²) in [7, 11) is 1.63. The van der Waals surface area contributed by atoms with Crippen LogP contribution in [0.2, 0.25) is 0 Å². The Morgan fingerprint density at radius 2 is 2.06 bits per heavy atom. The quantitative estimate of drug-likeness (QED) is 0.683. The lowest BCUT2D eigenvalue weighted by molar-refractivity contribution is -0.119. The first-order valence-corrected chi connectivity index (χ1v) is 6.13. The van der Waals surface area contributed by atoms with Crippen LogP contribution in [0.4, 0.5) is 0 Å². The van der Waals surface area contributed by atoms with Crippen LogP contribution in [0.25, 0.3) is 0 Å². The highest BCUT2D eigenvalue weighted by Crippen LogP contribution is 2.47. The lowest BCUT2D eigenvalue weighted by Crippen LogP contribution is -2.42. The van der Waals surface area contributed by atoms with Gasteiger partial charge in [-0.25, -0.2) is 0 Å². The molecule has 96 valence electrons. The number of hydrogen-bond donors (Lipinski definition) is 1. The van der Waals surface area contributed by atoms with Gasteiger partial charge in [-0.15, -0.1) is 0 Å². The Morgan fingerprint density at radius 3 is 2.72 bits per heavy atom. The monoisotopic (exact) mass is 248 g/mol. The van der Waals surface area contributed by atoms with Gasteiger partial charge in [0, 0.05) is 31.2 Å². The number of methoxy groups -OCH3 is 1. The maximum atomic E-state index is 12.3. The number of hydrogen-bond acceptors (Lipinski definition) is 5. The molecular weight excluding hydrogens is 232 g/mol. The standard InChI is InChI=1S/C13H16N2O3/c1-7-9(14)12(17)8-6-13(18-2)4-3-5-15(13)10(8)11(7)16/h3-6,14H2,1-2H3/t13-/m0/s1. The Hall–Kier alpha value is -1.62. The minimum atomic E-state index is -0.499. The van der Waals surface area contributed by atoms with E-state index in [1.165, 1.54) is 0 Å². The maximum absolute atomic E-state index is 12.3. The van der Waals surface area contributed by atoms with Crippen LogP contribution in [0.15, 0.2) is 22.5 Å². The lowest BCUT2D eigenvalue weighted by Gasteiger charge is -2.33. The second-order valence-electron chi connectivity index (χ2n) is 5.11.